The molecule has 2 rings (SSSR count). The Balaban J connectivity index is 2.29. The number of rotatable bonds is 9. The van der Waals surface area contributed by atoms with E-state index in [0.29, 0.717) is 12.2 Å². The van der Waals surface area contributed by atoms with Crippen LogP contribution in [0, 0.1) is 17.5 Å². The molecule has 0 unspecified atom stereocenters. The van der Waals surface area contributed by atoms with Gasteiger partial charge in [-0.3, -0.25) is 9.63 Å². The van der Waals surface area contributed by atoms with Crippen LogP contribution in [0.1, 0.15) is 15.9 Å². The molecule has 9 heteroatoms. The van der Waals surface area contributed by atoms with E-state index in [4.69, 9.17) is 9.84 Å². The summed E-state index contributed by atoms with van der Waals surface area (Å²) in [6.07, 6.45) is 3.32. The molecule has 2 aromatic carbocycles. The number of hydrogen-bond donors (Lipinski definition) is 3. The molecule has 0 saturated carbocycles. The number of aliphatic hydroxyl groups excluding tert-OH is 1. The Morgan fingerprint density at radius 1 is 1.18 bits per heavy atom. The second-order valence-electron chi connectivity index (χ2n) is 5.51. The monoisotopic (exact) mass is 396 g/mol. The van der Waals surface area contributed by atoms with Crippen molar-refractivity contribution in [3.8, 4) is 0 Å². The number of carbonyl (C=O) groups excluding carboxylic acids is 1. The van der Waals surface area contributed by atoms with Crippen LogP contribution in [0.4, 0.5) is 24.5 Å². The maximum atomic E-state index is 14.4. The van der Waals surface area contributed by atoms with Gasteiger partial charge in [-0.15, -0.1) is 0 Å². The summed E-state index contributed by atoms with van der Waals surface area (Å²) >= 11 is 0. The maximum Gasteiger partial charge on any atom is 0.277 e. The van der Waals surface area contributed by atoms with Crippen molar-refractivity contribution in [3.63, 3.8) is 0 Å². The van der Waals surface area contributed by atoms with Crippen LogP contribution in [-0.2, 0) is 9.57 Å². The van der Waals surface area contributed by atoms with Crippen molar-refractivity contribution >= 4 is 23.4 Å². The molecule has 2 aromatic rings. The van der Waals surface area contributed by atoms with E-state index in [2.05, 4.69) is 10.2 Å². The van der Waals surface area contributed by atoms with Gasteiger partial charge < -0.3 is 15.2 Å². The van der Waals surface area contributed by atoms with Crippen molar-refractivity contribution in [1.29, 1.82) is 0 Å². The highest BCUT2D eigenvalue weighted by Crippen LogP contribution is 2.28. The molecule has 0 aliphatic heterocycles. The van der Waals surface area contributed by atoms with Crippen LogP contribution in [0.3, 0.4) is 0 Å². The number of ether oxygens (including phenoxy) is 1. The summed E-state index contributed by atoms with van der Waals surface area (Å²) < 4.78 is 47.1. The fourth-order valence-corrected chi connectivity index (χ4v) is 2.23. The minimum atomic E-state index is -1.35. The molecule has 0 aliphatic carbocycles. The predicted octanol–water partition coefficient (Wildman–Crippen LogP) is 3.16. The first-order valence-corrected chi connectivity index (χ1v) is 8.21. The smallest absolute Gasteiger partial charge is 0.277 e. The second kappa shape index (κ2) is 10.5. The maximum absolute atomic E-state index is 14.4. The molecule has 0 aromatic heterocycles. The summed E-state index contributed by atoms with van der Waals surface area (Å²) in [6, 6.07) is 5.87. The Labute approximate surface area is 159 Å². The Kier molecular flexibility index (Phi) is 8.00. The van der Waals surface area contributed by atoms with Crippen molar-refractivity contribution in [2.45, 2.75) is 0 Å². The lowest BCUT2D eigenvalue weighted by Gasteiger charge is -2.14. The quantitative estimate of drug-likeness (QED) is 0.448. The van der Waals surface area contributed by atoms with Crippen molar-refractivity contribution in [3.05, 3.63) is 65.0 Å². The summed E-state index contributed by atoms with van der Waals surface area (Å²) in [5.41, 5.74) is 1.51. The first-order chi connectivity index (χ1) is 13.5. The summed E-state index contributed by atoms with van der Waals surface area (Å²) in [4.78, 5) is 16.8. The highest BCUT2D eigenvalue weighted by Gasteiger charge is 2.20. The molecule has 0 radical (unpaired) electrons. The summed E-state index contributed by atoms with van der Waals surface area (Å²) in [6.45, 7) is -0.183. The third-order valence-corrected chi connectivity index (χ3v) is 3.52. The van der Waals surface area contributed by atoms with Crippen molar-refractivity contribution in [2.24, 2.45) is 0 Å². The number of benzene rings is 2. The van der Waals surface area contributed by atoms with Gasteiger partial charge in [0.25, 0.3) is 5.91 Å². The number of nitrogens with one attached hydrogen (secondary N) is 2. The van der Waals surface area contributed by atoms with Gasteiger partial charge in [-0.2, -0.15) is 0 Å². The third kappa shape index (κ3) is 5.56. The zero-order chi connectivity index (χ0) is 20.5. The molecule has 0 saturated heterocycles. The minimum Gasteiger partial charge on any atom is -0.394 e. The first kappa shape index (κ1) is 21.4. The summed E-state index contributed by atoms with van der Waals surface area (Å²) in [7, 11) is 1.52. The Hall–Kier alpha value is -2.88. The van der Waals surface area contributed by atoms with Crippen LogP contribution in [0.15, 0.2) is 36.4 Å². The molecule has 0 bridgehead atoms. The number of amides is 1. The lowest BCUT2D eigenvalue weighted by molar-refractivity contribution is 0.0168. The van der Waals surface area contributed by atoms with E-state index in [0.717, 1.165) is 12.1 Å². The molecule has 0 aliphatic rings. The number of hydrogen-bond acceptors (Lipinski definition) is 5. The van der Waals surface area contributed by atoms with E-state index >= 15 is 0 Å². The zero-order valence-corrected chi connectivity index (χ0v) is 15.0. The van der Waals surface area contributed by atoms with E-state index < -0.39 is 29.0 Å². The van der Waals surface area contributed by atoms with Gasteiger partial charge in [0.1, 0.15) is 5.82 Å². The molecule has 0 spiro atoms. The van der Waals surface area contributed by atoms with Gasteiger partial charge in [0.2, 0.25) is 0 Å². The van der Waals surface area contributed by atoms with Gasteiger partial charge >= 0.3 is 0 Å². The van der Waals surface area contributed by atoms with Crippen molar-refractivity contribution in [1.82, 2.24) is 5.48 Å². The van der Waals surface area contributed by atoms with E-state index in [9.17, 15) is 18.0 Å². The van der Waals surface area contributed by atoms with Crippen molar-refractivity contribution < 1.29 is 32.6 Å². The summed E-state index contributed by atoms with van der Waals surface area (Å²) in [5, 5.41) is 11.1. The number of anilines is 2. The van der Waals surface area contributed by atoms with E-state index in [-0.39, 0.29) is 24.5 Å². The average molecular weight is 396 g/mol. The number of carbonyl (C=O) groups is 1. The molecule has 6 nitrogen and oxygen atoms in total. The fraction of sp³-hybridized carbons (Fsp3) is 0.211. The average Bonchev–Trinajstić information content (AvgIpc) is 2.67. The molecular weight excluding hydrogens is 377 g/mol. The predicted molar refractivity (Wildman–Crippen MR) is 97.5 cm³/mol. The largest absolute Gasteiger partial charge is 0.394 e. The Morgan fingerprint density at radius 2 is 1.96 bits per heavy atom. The van der Waals surface area contributed by atoms with Gasteiger partial charge in [-0.25, -0.2) is 18.7 Å². The molecule has 0 fully saturated rings. The number of hydroxylamine groups is 1. The lowest BCUT2D eigenvalue weighted by Crippen LogP contribution is -2.26. The number of methoxy groups -OCH3 is 1. The van der Waals surface area contributed by atoms with Crippen LogP contribution >= 0.6 is 0 Å². The van der Waals surface area contributed by atoms with E-state index in [1.54, 1.807) is 18.2 Å². The van der Waals surface area contributed by atoms with Crippen LogP contribution in [0.25, 0.3) is 6.08 Å². The zero-order valence-electron chi connectivity index (χ0n) is 15.0. The molecule has 0 atom stereocenters. The lowest BCUT2D eigenvalue weighted by atomic mass is 10.1. The second-order valence-corrected chi connectivity index (χ2v) is 5.51. The van der Waals surface area contributed by atoms with Gasteiger partial charge in [0.15, 0.2) is 11.6 Å². The molecule has 150 valence electrons. The number of aliphatic hydroxyl groups is 1. The van der Waals surface area contributed by atoms with Gasteiger partial charge in [0.05, 0.1) is 36.8 Å². The highest BCUT2D eigenvalue weighted by molar-refractivity contribution is 6.00. The molecule has 3 N–H and O–H groups in total. The van der Waals surface area contributed by atoms with Gasteiger partial charge in [-0.05, 0) is 29.8 Å². The Bertz CT molecular complexity index is 859. The Morgan fingerprint density at radius 3 is 2.64 bits per heavy atom. The normalized spacial score (nSPS) is 11.0. The van der Waals surface area contributed by atoms with Gasteiger partial charge in [-0.1, -0.05) is 18.2 Å². The van der Waals surface area contributed by atoms with E-state index in [1.165, 1.54) is 19.2 Å². The SMILES string of the molecule is COC/C=C\c1ccc(Nc2c(C(=O)NOCCO)ccc(F)c2F)c(F)c1. The van der Waals surface area contributed by atoms with E-state index in [1.807, 2.05) is 5.48 Å². The number of halogens is 3. The third-order valence-electron chi connectivity index (χ3n) is 3.52. The molecular formula is C19H19F3N2O4. The van der Waals surface area contributed by atoms with Gasteiger partial charge in [0, 0.05) is 7.11 Å². The van der Waals surface area contributed by atoms with Crippen LogP contribution in [0.5, 0.6) is 0 Å². The van der Waals surface area contributed by atoms with Crippen LogP contribution in [-0.4, -0.2) is 37.9 Å². The van der Waals surface area contributed by atoms with Crippen LogP contribution < -0.4 is 10.8 Å². The van der Waals surface area contributed by atoms with Crippen LogP contribution in [0.2, 0.25) is 0 Å². The standard InChI is InChI=1S/C19H19F3N2O4/c1-27-9-2-3-12-4-7-16(15(21)11-12)23-18-13(5-6-14(20)17(18)22)19(26)24-28-10-8-25/h2-7,11,23,25H,8-10H2,1H3,(H,24,26)/b3-2-. The fourth-order valence-electron chi connectivity index (χ4n) is 2.23. The topological polar surface area (TPSA) is 79.8 Å². The first-order valence-electron chi connectivity index (χ1n) is 8.21. The van der Waals surface area contributed by atoms with Crippen molar-refractivity contribution in [2.75, 3.05) is 32.2 Å². The molecule has 1 amide bonds. The molecule has 0 heterocycles. The minimum absolute atomic E-state index is 0.154. The highest BCUT2D eigenvalue weighted by atomic mass is 19.2. The summed E-state index contributed by atoms with van der Waals surface area (Å²) in [5.74, 6) is -4.19. The molecule has 28 heavy (non-hydrogen) atoms.